The molecule has 3 rings (SSSR count). The second kappa shape index (κ2) is 6.51. The molecule has 6 nitrogen and oxygen atoms in total. The fourth-order valence-corrected chi connectivity index (χ4v) is 2.85. The summed E-state index contributed by atoms with van der Waals surface area (Å²) in [5, 5.41) is 12.8. The van der Waals surface area contributed by atoms with E-state index >= 15 is 0 Å². The number of rotatable bonds is 3. The van der Waals surface area contributed by atoms with Gasteiger partial charge in [0, 0.05) is 25.9 Å². The molecule has 0 unspecified atom stereocenters. The summed E-state index contributed by atoms with van der Waals surface area (Å²) in [4.78, 5) is 0. The van der Waals surface area contributed by atoms with Gasteiger partial charge in [-0.15, -0.1) is 10.2 Å². The molecular weight excluding hydrogens is 304 g/mol. The average molecular weight is 330 g/mol. The molecule has 1 fully saturated rings. The van der Waals surface area contributed by atoms with Gasteiger partial charge >= 0.3 is 0 Å². The molecule has 0 radical (unpaired) electrons. The predicted octanol–water partition coefficient (Wildman–Crippen LogP) is 3.89. The lowest BCUT2D eigenvalue weighted by molar-refractivity contribution is -0.0137. The van der Waals surface area contributed by atoms with Gasteiger partial charge in [0.05, 0.1) is 11.6 Å². The number of hydrogen-bond acceptors (Lipinski definition) is 5. The highest BCUT2D eigenvalue weighted by Gasteiger charge is 2.34. The van der Waals surface area contributed by atoms with Crippen LogP contribution in [0, 0.1) is 5.41 Å². The summed E-state index contributed by atoms with van der Waals surface area (Å²) >= 11 is 0. The van der Waals surface area contributed by atoms with Crippen molar-refractivity contribution in [3.05, 3.63) is 35.3 Å². The third kappa shape index (κ3) is 3.43. The van der Waals surface area contributed by atoms with Gasteiger partial charge < -0.3 is 9.15 Å². The summed E-state index contributed by atoms with van der Waals surface area (Å²) in [6, 6.07) is 1.99. The third-order valence-electron chi connectivity index (χ3n) is 4.77. The molecule has 0 bridgehead atoms. The van der Waals surface area contributed by atoms with Crippen LogP contribution in [-0.4, -0.2) is 26.6 Å². The summed E-state index contributed by atoms with van der Waals surface area (Å²) in [5.41, 5.74) is 2.33. The Kier molecular flexibility index (Phi) is 4.58. The zero-order valence-corrected chi connectivity index (χ0v) is 15.1. The van der Waals surface area contributed by atoms with Gasteiger partial charge in [0.2, 0.25) is 11.8 Å². The van der Waals surface area contributed by atoms with Gasteiger partial charge in [0.1, 0.15) is 6.10 Å². The van der Waals surface area contributed by atoms with E-state index in [4.69, 9.17) is 9.15 Å². The van der Waals surface area contributed by atoms with Crippen molar-refractivity contribution in [2.45, 2.75) is 52.6 Å². The summed E-state index contributed by atoms with van der Waals surface area (Å²) in [5.74, 6) is 1.28. The van der Waals surface area contributed by atoms with Gasteiger partial charge in [-0.25, -0.2) is 0 Å². The van der Waals surface area contributed by atoms with Gasteiger partial charge in [-0.3, -0.25) is 4.68 Å². The van der Waals surface area contributed by atoms with Crippen LogP contribution in [0.1, 0.15) is 70.0 Å². The first kappa shape index (κ1) is 16.9. The zero-order chi connectivity index (χ0) is 17.3. The van der Waals surface area contributed by atoms with Crippen molar-refractivity contribution < 1.29 is 9.15 Å². The van der Waals surface area contributed by atoms with E-state index in [9.17, 15) is 0 Å². The Labute approximate surface area is 142 Å². The molecule has 0 amide bonds. The molecule has 6 heteroatoms. The Morgan fingerprint density at radius 1 is 1.33 bits per heavy atom. The van der Waals surface area contributed by atoms with Crippen molar-refractivity contribution in [1.29, 1.82) is 0 Å². The standard InChI is InChI=1S/C18H26N4O2/c1-12(18(2,3)4)11-15-20-21-17(24-15)13-7-6-10-23-16(13)14-8-9-19-22(14)5/h8-9,11,13,16H,6-7,10H2,1-5H3/t13-,16-/m1/s1. The molecule has 0 aliphatic carbocycles. The fraction of sp³-hybridized carbons (Fsp3) is 0.611. The third-order valence-corrected chi connectivity index (χ3v) is 4.77. The smallest absolute Gasteiger partial charge is 0.240 e. The SMILES string of the molecule is CC(=Cc1nnc([C@@H]2CCCO[C@H]2c2ccnn2C)o1)C(C)(C)C. The molecule has 130 valence electrons. The van der Waals surface area contributed by atoms with Crippen LogP contribution in [0.5, 0.6) is 0 Å². The van der Waals surface area contributed by atoms with E-state index in [1.165, 1.54) is 5.57 Å². The Morgan fingerprint density at radius 2 is 2.12 bits per heavy atom. The van der Waals surface area contributed by atoms with Crippen LogP contribution in [-0.2, 0) is 11.8 Å². The van der Waals surface area contributed by atoms with E-state index in [2.05, 4.69) is 43.0 Å². The van der Waals surface area contributed by atoms with Gasteiger partial charge in [0.25, 0.3) is 0 Å². The number of aryl methyl sites for hydroxylation is 1. The minimum Gasteiger partial charge on any atom is -0.421 e. The largest absolute Gasteiger partial charge is 0.421 e. The van der Waals surface area contributed by atoms with Gasteiger partial charge in [-0.1, -0.05) is 26.3 Å². The van der Waals surface area contributed by atoms with Crippen molar-refractivity contribution in [2.75, 3.05) is 6.61 Å². The zero-order valence-electron chi connectivity index (χ0n) is 15.1. The summed E-state index contributed by atoms with van der Waals surface area (Å²) in [7, 11) is 1.93. The first-order valence-corrected chi connectivity index (χ1v) is 8.48. The van der Waals surface area contributed by atoms with Gasteiger partial charge in [-0.05, 0) is 31.2 Å². The van der Waals surface area contributed by atoms with Crippen molar-refractivity contribution in [3.63, 3.8) is 0 Å². The average Bonchev–Trinajstić information content (AvgIpc) is 3.15. The van der Waals surface area contributed by atoms with Crippen LogP contribution < -0.4 is 0 Å². The first-order chi connectivity index (χ1) is 11.4. The Bertz CT molecular complexity index is 723. The van der Waals surface area contributed by atoms with E-state index in [1.54, 1.807) is 6.20 Å². The maximum atomic E-state index is 6.01. The van der Waals surface area contributed by atoms with E-state index in [0.717, 1.165) is 25.1 Å². The fourth-order valence-electron chi connectivity index (χ4n) is 2.85. The van der Waals surface area contributed by atoms with E-state index in [1.807, 2.05) is 23.9 Å². The molecule has 0 N–H and O–H groups in total. The van der Waals surface area contributed by atoms with E-state index in [-0.39, 0.29) is 17.4 Å². The van der Waals surface area contributed by atoms with Crippen LogP contribution >= 0.6 is 0 Å². The molecule has 1 aliphatic heterocycles. The van der Waals surface area contributed by atoms with Crippen molar-refractivity contribution in [2.24, 2.45) is 12.5 Å². The summed E-state index contributed by atoms with van der Waals surface area (Å²) in [6.07, 6.45) is 5.64. The number of hydrogen-bond donors (Lipinski definition) is 0. The number of nitrogens with zero attached hydrogens (tertiary/aromatic N) is 4. The quantitative estimate of drug-likeness (QED) is 0.854. The lowest BCUT2D eigenvalue weighted by atomic mass is 9.87. The summed E-state index contributed by atoms with van der Waals surface area (Å²) in [6.45, 7) is 9.35. The Morgan fingerprint density at radius 3 is 2.79 bits per heavy atom. The predicted molar refractivity (Wildman–Crippen MR) is 91.3 cm³/mol. The molecule has 1 saturated heterocycles. The van der Waals surface area contributed by atoms with E-state index < -0.39 is 0 Å². The lowest BCUT2D eigenvalue weighted by Gasteiger charge is -2.29. The number of allylic oxidation sites excluding steroid dienone is 1. The van der Waals surface area contributed by atoms with Crippen molar-refractivity contribution >= 4 is 6.08 Å². The molecule has 0 saturated carbocycles. The number of aromatic nitrogens is 4. The van der Waals surface area contributed by atoms with Crippen LogP contribution in [0.2, 0.25) is 0 Å². The molecule has 2 aromatic heterocycles. The van der Waals surface area contributed by atoms with E-state index in [0.29, 0.717) is 11.8 Å². The molecule has 0 aromatic carbocycles. The highest BCUT2D eigenvalue weighted by molar-refractivity contribution is 5.44. The molecule has 1 aliphatic rings. The van der Waals surface area contributed by atoms with Crippen LogP contribution in [0.3, 0.4) is 0 Å². The maximum Gasteiger partial charge on any atom is 0.240 e. The Balaban J connectivity index is 1.86. The van der Waals surface area contributed by atoms with Crippen LogP contribution in [0.15, 0.2) is 22.3 Å². The van der Waals surface area contributed by atoms with Crippen LogP contribution in [0.25, 0.3) is 6.08 Å². The molecule has 2 aromatic rings. The number of ether oxygens (including phenoxy) is 1. The van der Waals surface area contributed by atoms with Crippen molar-refractivity contribution in [3.8, 4) is 0 Å². The molecule has 0 spiro atoms. The Hall–Kier alpha value is -1.95. The molecule has 3 heterocycles. The lowest BCUT2D eigenvalue weighted by Crippen LogP contribution is -2.23. The summed E-state index contributed by atoms with van der Waals surface area (Å²) < 4.78 is 13.8. The molecule has 2 atom stereocenters. The monoisotopic (exact) mass is 330 g/mol. The maximum absolute atomic E-state index is 6.01. The normalized spacial score (nSPS) is 22.8. The molecule has 24 heavy (non-hydrogen) atoms. The second-order valence-corrected chi connectivity index (χ2v) is 7.48. The molecular formula is C18H26N4O2. The van der Waals surface area contributed by atoms with Crippen LogP contribution in [0.4, 0.5) is 0 Å². The minimum atomic E-state index is -0.0905. The highest BCUT2D eigenvalue weighted by atomic mass is 16.5. The highest BCUT2D eigenvalue weighted by Crippen LogP contribution is 2.40. The topological polar surface area (TPSA) is 66.0 Å². The second-order valence-electron chi connectivity index (χ2n) is 7.48. The van der Waals surface area contributed by atoms with Gasteiger partial charge in [0.15, 0.2) is 0 Å². The first-order valence-electron chi connectivity index (χ1n) is 8.48. The van der Waals surface area contributed by atoms with Gasteiger partial charge in [-0.2, -0.15) is 5.10 Å². The minimum absolute atomic E-state index is 0.0683. The van der Waals surface area contributed by atoms with Crippen molar-refractivity contribution in [1.82, 2.24) is 20.0 Å².